The van der Waals surface area contributed by atoms with Crippen LogP contribution < -0.4 is 10.5 Å². The smallest absolute Gasteiger partial charge is 0.160 e. The monoisotopic (exact) mass is 404 g/mol. The van der Waals surface area contributed by atoms with Crippen LogP contribution in [-0.4, -0.2) is 17.2 Å². The summed E-state index contributed by atoms with van der Waals surface area (Å²) in [4.78, 5) is 4.81. The van der Waals surface area contributed by atoms with Crippen LogP contribution in [0.1, 0.15) is 22.6 Å². The second kappa shape index (κ2) is 7.30. The molecule has 1 aliphatic rings. The Hall–Kier alpha value is -3.24. The molecule has 3 N–H and O–H groups in total. The third-order valence-electron chi connectivity index (χ3n) is 5.63. The minimum atomic E-state index is 0. The van der Waals surface area contributed by atoms with E-state index in [0.29, 0.717) is 11.6 Å². The van der Waals surface area contributed by atoms with E-state index in [-0.39, 0.29) is 24.1 Å². The molecule has 0 aliphatic heterocycles. The van der Waals surface area contributed by atoms with Crippen LogP contribution in [0.2, 0.25) is 0 Å². The quantitative estimate of drug-likeness (QED) is 0.475. The van der Waals surface area contributed by atoms with Gasteiger partial charge in [0.1, 0.15) is 5.82 Å². The molecule has 5 rings (SSSR count). The summed E-state index contributed by atoms with van der Waals surface area (Å²) < 4.78 is 5.22. The predicted molar refractivity (Wildman–Crippen MR) is 119 cm³/mol. The minimum absolute atomic E-state index is 0. The largest absolute Gasteiger partial charge is 0.504 e. The Morgan fingerprint density at radius 2 is 1.72 bits per heavy atom. The van der Waals surface area contributed by atoms with E-state index in [4.69, 9.17) is 15.5 Å². The van der Waals surface area contributed by atoms with E-state index < -0.39 is 0 Å². The van der Waals surface area contributed by atoms with Gasteiger partial charge in [-0.15, -0.1) is 12.4 Å². The second-order valence-electron chi connectivity index (χ2n) is 7.15. The average Bonchev–Trinajstić information content (AvgIpc) is 2.73. The van der Waals surface area contributed by atoms with Crippen LogP contribution in [0.5, 0.6) is 11.5 Å². The van der Waals surface area contributed by atoms with Crippen LogP contribution in [-0.2, 0) is 6.42 Å². The summed E-state index contributed by atoms with van der Waals surface area (Å²) in [5.74, 6) is 1.23. The molecule has 0 saturated heterocycles. The average molecular weight is 405 g/mol. The number of nitrogen functional groups attached to an aromatic ring is 1. The summed E-state index contributed by atoms with van der Waals surface area (Å²) in [5.41, 5.74) is 11.8. The van der Waals surface area contributed by atoms with Crippen molar-refractivity contribution in [1.82, 2.24) is 4.98 Å². The van der Waals surface area contributed by atoms with Crippen molar-refractivity contribution < 1.29 is 9.84 Å². The lowest BCUT2D eigenvalue weighted by molar-refractivity contribution is 0.373. The molecule has 1 heterocycles. The maximum absolute atomic E-state index is 10.4. The number of fused-ring (bicyclic) bond motifs is 5. The van der Waals surface area contributed by atoms with Crippen molar-refractivity contribution in [3.8, 4) is 22.8 Å². The Kier molecular flexibility index (Phi) is 4.81. The number of halogens is 1. The van der Waals surface area contributed by atoms with Crippen molar-refractivity contribution >= 4 is 29.0 Å². The zero-order valence-corrected chi connectivity index (χ0v) is 16.7. The van der Waals surface area contributed by atoms with Gasteiger partial charge < -0.3 is 15.6 Å². The number of hydrogen-bond donors (Lipinski definition) is 2. The summed E-state index contributed by atoms with van der Waals surface area (Å²) in [6.45, 7) is 0. The van der Waals surface area contributed by atoms with Crippen molar-refractivity contribution in [2.24, 2.45) is 0 Å². The fraction of sp³-hybridized carbons (Fsp3) is 0.125. The molecular formula is C24H21ClN2O2. The molecule has 0 bridgehead atoms. The van der Waals surface area contributed by atoms with Crippen molar-refractivity contribution in [3.63, 3.8) is 0 Å². The number of ether oxygens (including phenoxy) is 1. The second-order valence-corrected chi connectivity index (χ2v) is 7.15. The number of hydrogen-bond acceptors (Lipinski definition) is 4. The highest BCUT2D eigenvalue weighted by Gasteiger charge is 2.30. The fourth-order valence-corrected chi connectivity index (χ4v) is 4.33. The first-order chi connectivity index (χ1) is 13.7. The van der Waals surface area contributed by atoms with Gasteiger partial charge in [-0.1, -0.05) is 54.6 Å². The molecule has 1 aromatic heterocycles. The molecule has 0 radical (unpaired) electrons. The lowest BCUT2D eigenvalue weighted by Gasteiger charge is -2.29. The Bertz CT molecular complexity index is 1220. The molecule has 4 nitrogen and oxygen atoms in total. The SMILES string of the molecule is COc1ccc(C2Cc3ccccc3-c3nc(N)c4ccccc4c32)cc1O.Cl. The third-order valence-corrected chi connectivity index (χ3v) is 5.63. The molecule has 4 aromatic rings. The van der Waals surface area contributed by atoms with Gasteiger partial charge in [0.15, 0.2) is 11.5 Å². The van der Waals surface area contributed by atoms with Gasteiger partial charge in [0, 0.05) is 16.9 Å². The number of phenolic OH excluding ortho intramolecular Hbond substituents is 1. The number of phenols is 1. The first-order valence-corrected chi connectivity index (χ1v) is 9.30. The van der Waals surface area contributed by atoms with Crippen molar-refractivity contribution in [2.75, 3.05) is 12.8 Å². The van der Waals surface area contributed by atoms with Crippen molar-refractivity contribution in [2.45, 2.75) is 12.3 Å². The van der Waals surface area contributed by atoms with Gasteiger partial charge in [-0.3, -0.25) is 0 Å². The molecule has 1 aliphatic carbocycles. The standard InChI is InChI=1S/C24H20N2O2.ClH/c1-28-21-11-10-15(13-20(21)27)19-12-14-6-2-3-7-16(14)23-22(19)17-8-4-5-9-18(17)24(25)26-23;/h2-11,13,19,27H,12H2,1H3,(H2,25,26);1H. The van der Waals surface area contributed by atoms with Crippen LogP contribution in [0.15, 0.2) is 66.7 Å². The van der Waals surface area contributed by atoms with Crippen molar-refractivity contribution in [1.29, 1.82) is 0 Å². The number of pyridine rings is 1. The van der Waals surface area contributed by atoms with Crippen LogP contribution in [0.3, 0.4) is 0 Å². The van der Waals surface area contributed by atoms with E-state index in [1.165, 1.54) is 5.56 Å². The normalized spacial score (nSPS) is 14.6. The summed E-state index contributed by atoms with van der Waals surface area (Å²) in [6, 6.07) is 22.1. The minimum Gasteiger partial charge on any atom is -0.504 e. The highest BCUT2D eigenvalue weighted by atomic mass is 35.5. The molecule has 0 amide bonds. The molecule has 1 atom stereocenters. The van der Waals surface area contributed by atoms with E-state index in [1.54, 1.807) is 13.2 Å². The van der Waals surface area contributed by atoms with E-state index in [2.05, 4.69) is 24.3 Å². The zero-order chi connectivity index (χ0) is 19.3. The molecule has 0 fully saturated rings. The van der Waals surface area contributed by atoms with E-state index >= 15 is 0 Å². The Morgan fingerprint density at radius 1 is 1.00 bits per heavy atom. The van der Waals surface area contributed by atoms with Gasteiger partial charge >= 0.3 is 0 Å². The maximum atomic E-state index is 10.4. The fourth-order valence-electron chi connectivity index (χ4n) is 4.33. The van der Waals surface area contributed by atoms with E-state index in [0.717, 1.165) is 39.6 Å². The number of methoxy groups -OCH3 is 1. The molecular weight excluding hydrogens is 384 g/mol. The molecule has 0 spiro atoms. The summed E-state index contributed by atoms with van der Waals surface area (Å²) in [7, 11) is 1.56. The van der Waals surface area contributed by atoms with Crippen LogP contribution in [0.4, 0.5) is 5.82 Å². The van der Waals surface area contributed by atoms with Crippen LogP contribution in [0, 0.1) is 0 Å². The van der Waals surface area contributed by atoms with E-state index in [1.807, 2.05) is 36.4 Å². The molecule has 3 aromatic carbocycles. The lowest BCUT2D eigenvalue weighted by Crippen LogP contribution is -2.15. The van der Waals surface area contributed by atoms with Crippen LogP contribution in [0.25, 0.3) is 22.0 Å². The van der Waals surface area contributed by atoms with Gasteiger partial charge in [-0.05, 0) is 40.6 Å². The van der Waals surface area contributed by atoms with Crippen molar-refractivity contribution in [3.05, 3.63) is 83.4 Å². The zero-order valence-electron chi connectivity index (χ0n) is 15.9. The number of rotatable bonds is 2. The Morgan fingerprint density at radius 3 is 2.48 bits per heavy atom. The molecule has 5 heteroatoms. The summed E-state index contributed by atoms with van der Waals surface area (Å²) in [6.07, 6.45) is 0.838. The number of anilines is 1. The molecule has 146 valence electrons. The van der Waals surface area contributed by atoms with Gasteiger partial charge in [0.05, 0.1) is 12.8 Å². The molecule has 0 saturated carbocycles. The Balaban J connectivity index is 0.00000205. The van der Waals surface area contributed by atoms with Gasteiger partial charge in [-0.25, -0.2) is 4.98 Å². The molecule has 29 heavy (non-hydrogen) atoms. The summed E-state index contributed by atoms with van der Waals surface area (Å²) in [5, 5.41) is 12.4. The van der Waals surface area contributed by atoms with Gasteiger partial charge in [0.25, 0.3) is 0 Å². The molecule has 1 unspecified atom stereocenters. The predicted octanol–water partition coefficient (Wildman–Crippen LogP) is 5.31. The van der Waals surface area contributed by atoms with Crippen LogP contribution >= 0.6 is 12.4 Å². The van der Waals surface area contributed by atoms with Gasteiger partial charge in [0.2, 0.25) is 0 Å². The number of nitrogens with zero attached hydrogens (tertiary/aromatic N) is 1. The number of aromatic hydroxyl groups is 1. The highest BCUT2D eigenvalue weighted by molar-refractivity contribution is 5.98. The lowest BCUT2D eigenvalue weighted by atomic mass is 9.76. The van der Waals surface area contributed by atoms with E-state index in [9.17, 15) is 5.11 Å². The number of benzene rings is 3. The topological polar surface area (TPSA) is 68.4 Å². The highest BCUT2D eigenvalue weighted by Crippen LogP contribution is 2.46. The first kappa shape index (κ1) is 19.1. The van der Waals surface area contributed by atoms with Gasteiger partial charge in [-0.2, -0.15) is 0 Å². The maximum Gasteiger partial charge on any atom is 0.160 e. The first-order valence-electron chi connectivity index (χ1n) is 9.30. The summed E-state index contributed by atoms with van der Waals surface area (Å²) >= 11 is 0. The third kappa shape index (κ3) is 2.97. The Labute approximate surface area is 175 Å². The number of aromatic nitrogens is 1. The number of nitrogens with two attached hydrogens (primary N) is 1.